The number of aromatic nitrogens is 1. The van der Waals surface area contributed by atoms with Crippen LogP contribution in [0.4, 0.5) is 5.69 Å². The molecule has 0 aliphatic carbocycles. The second-order valence-electron chi connectivity index (χ2n) is 3.59. The first kappa shape index (κ1) is 11.2. The summed E-state index contributed by atoms with van der Waals surface area (Å²) in [7, 11) is 1.59. The fourth-order valence-electron chi connectivity index (χ4n) is 1.64. The van der Waals surface area contributed by atoms with Gasteiger partial charge in [-0.05, 0) is 11.6 Å². The molecule has 2 N–H and O–H groups in total. The van der Waals surface area contributed by atoms with Crippen LogP contribution in [0.15, 0.2) is 43.0 Å². The summed E-state index contributed by atoms with van der Waals surface area (Å²) in [5.41, 5.74) is 8.42. The van der Waals surface area contributed by atoms with E-state index in [-0.39, 0.29) is 0 Å². The zero-order chi connectivity index (χ0) is 12.3. The minimum absolute atomic E-state index is 0.564. The van der Waals surface area contributed by atoms with Gasteiger partial charge in [0.05, 0.1) is 18.3 Å². The van der Waals surface area contributed by atoms with Gasteiger partial charge in [0.1, 0.15) is 0 Å². The van der Waals surface area contributed by atoms with Crippen molar-refractivity contribution in [2.75, 3.05) is 12.8 Å². The first-order valence-electron chi connectivity index (χ1n) is 5.28. The number of benzene rings is 1. The lowest BCUT2D eigenvalue weighted by Gasteiger charge is -2.06. The molecule has 0 aliphatic heterocycles. The summed E-state index contributed by atoms with van der Waals surface area (Å²) in [6, 6.07) is 7.71. The zero-order valence-electron chi connectivity index (χ0n) is 9.68. The third kappa shape index (κ3) is 2.13. The molecule has 1 aromatic heterocycles. The van der Waals surface area contributed by atoms with Crippen LogP contribution in [0.2, 0.25) is 0 Å². The summed E-state index contributed by atoms with van der Waals surface area (Å²) in [6.45, 7) is 3.63. The molecule has 0 amide bonds. The molecule has 1 aromatic carbocycles. The number of rotatable bonds is 3. The summed E-state index contributed by atoms with van der Waals surface area (Å²) in [5, 5.41) is 0.999. The molecule has 0 spiro atoms. The van der Waals surface area contributed by atoms with Gasteiger partial charge < -0.3 is 10.5 Å². The van der Waals surface area contributed by atoms with Crippen molar-refractivity contribution in [3.63, 3.8) is 0 Å². The van der Waals surface area contributed by atoms with Crippen molar-refractivity contribution in [3.05, 3.63) is 48.6 Å². The van der Waals surface area contributed by atoms with Gasteiger partial charge in [-0.3, -0.25) is 0 Å². The Morgan fingerprint density at radius 2 is 2.06 bits per heavy atom. The first-order valence-corrected chi connectivity index (χ1v) is 5.28. The van der Waals surface area contributed by atoms with Gasteiger partial charge in [-0.2, -0.15) is 0 Å². The molecule has 2 aromatic rings. The summed E-state index contributed by atoms with van der Waals surface area (Å²) < 4.78 is 5.10. The molecular weight excluding hydrogens is 212 g/mol. The van der Waals surface area contributed by atoms with E-state index < -0.39 is 0 Å². The number of fused-ring (bicyclic) bond motifs is 1. The largest absolute Gasteiger partial charge is 0.481 e. The summed E-state index contributed by atoms with van der Waals surface area (Å²) in [6.07, 6.45) is 5.46. The maximum Gasteiger partial charge on any atom is 0.213 e. The van der Waals surface area contributed by atoms with E-state index in [9.17, 15) is 0 Å². The molecule has 0 aliphatic rings. The van der Waals surface area contributed by atoms with E-state index in [0.717, 1.165) is 16.5 Å². The van der Waals surface area contributed by atoms with Crippen LogP contribution < -0.4 is 10.5 Å². The van der Waals surface area contributed by atoms with Crippen molar-refractivity contribution in [1.82, 2.24) is 4.98 Å². The Morgan fingerprint density at radius 3 is 2.76 bits per heavy atom. The number of nitrogens with zero attached hydrogens (tertiary/aromatic N) is 1. The van der Waals surface area contributed by atoms with E-state index in [4.69, 9.17) is 10.5 Å². The van der Waals surface area contributed by atoms with Crippen molar-refractivity contribution in [1.29, 1.82) is 0 Å². The molecule has 0 unspecified atom stereocenters. The maximum absolute atomic E-state index is 6.08. The second kappa shape index (κ2) is 4.70. The molecule has 0 saturated heterocycles. The van der Waals surface area contributed by atoms with Gasteiger partial charge in [0.2, 0.25) is 5.88 Å². The highest BCUT2D eigenvalue weighted by Gasteiger charge is 2.04. The quantitative estimate of drug-likeness (QED) is 0.646. The Bertz CT molecular complexity index is 588. The number of ether oxygens (including phenoxy) is 1. The first-order chi connectivity index (χ1) is 8.26. The Labute approximate surface area is 100 Å². The van der Waals surface area contributed by atoms with Gasteiger partial charge in [-0.15, -0.1) is 0 Å². The summed E-state index contributed by atoms with van der Waals surface area (Å²) in [4.78, 5) is 4.36. The van der Waals surface area contributed by atoms with Gasteiger partial charge in [0.15, 0.2) is 0 Å². The van der Waals surface area contributed by atoms with Crippen LogP contribution in [0.25, 0.3) is 17.0 Å². The number of allylic oxidation sites excluding steroid dienone is 2. The Morgan fingerprint density at radius 1 is 1.29 bits per heavy atom. The third-order valence-electron chi connectivity index (χ3n) is 2.53. The minimum Gasteiger partial charge on any atom is -0.481 e. The normalized spacial score (nSPS) is 10.9. The van der Waals surface area contributed by atoms with E-state index in [1.165, 1.54) is 0 Å². The number of methoxy groups -OCH3 is 1. The number of pyridine rings is 1. The zero-order valence-corrected chi connectivity index (χ0v) is 9.68. The highest BCUT2D eigenvalue weighted by molar-refractivity contribution is 5.94. The molecule has 0 bridgehead atoms. The van der Waals surface area contributed by atoms with Gasteiger partial charge in [-0.1, -0.05) is 36.9 Å². The number of anilines is 1. The predicted molar refractivity (Wildman–Crippen MR) is 71.9 cm³/mol. The molecular formula is C14H14N2O. The van der Waals surface area contributed by atoms with E-state index in [1.807, 2.05) is 36.4 Å². The molecule has 0 fully saturated rings. The van der Waals surface area contributed by atoms with Crippen molar-refractivity contribution in [3.8, 4) is 5.88 Å². The lowest BCUT2D eigenvalue weighted by molar-refractivity contribution is 0.399. The molecule has 86 valence electrons. The van der Waals surface area contributed by atoms with Gasteiger partial charge in [-0.25, -0.2) is 4.98 Å². The maximum atomic E-state index is 6.08. The molecule has 3 heteroatoms. The summed E-state index contributed by atoms with van der Waals surface area (Å²) in [5.74, 6) is 0.564. The molecule has 3 nitrogen and oxygen atoms in total. The number of hydrogen-bond acceptors (Lipinski definition) is 3. The van der Waals surface area contributed by atoms with E-state index in [0.29, 0.717) is 11.6 Å². The average molecular weight is 226 g/mol. The van der Waals surface area contributed by atoms with Crippen LogP contribution in [0.3, 0.4) is 0 Å². The van der Waals surface area contributed by atoms with Crippen LogP contribution in [0.5, 0.6) is 5.88 Å². The minimum atomic E-state index is 0.564. The topological polar surface area (TPSA) is 48.1 Å². The van der Waals surface area contributed by atoms with Crippen LogP contribution in [-0.2, 0) is 0 Å². The van der Waals surface area contributed by atoms with Crippen LogP contribution in [-0.4, -0.2) is 12.1 Å². The highest BCUT2D eigenvalue weighted by Crippen LogP contribution is 2.26. The molecule has 0 atom stereocenters. The van der Waals surface area contributed by atoms with Gasteiger partial charge in [0, 0.05) is 11.5 Å². The SMILES string of the molecule is C=C/C=C\c1ccc2ccc(OC)nc2c1N. The van der Waals surface area contributed by atoms with Crippen LogP contribution in [0, 0.1) is 0 Å². The molecule has 0 radical (unpaired) electrons. The number of nitrogen functional groups attached to an aromatic ring is 1. The van der Waals surface area contributed by atoms with E-state index in [1.54, 1.807) is 13.2 Å². The number of nitrogens with two attached hydrogens (primary N) is 1. The van der Waals surface area contributed by atoms with Crippen molar-refractivity contribution < 1.29 is 4.74 Å². The smallest absolute Gasteiger partial charge is 0.213 e. The Balaban J connectivity index is 2.63. The second-order valence-corrected chi connectivity index (χ2v) is 3.59. The fraction of sp³-hybridized carbons (Fsp3) is 0.0714. The van der Waals surface area contributed by atoms with Crippen molar-refractivity contribution in [2.24, 2.45) is 0 Å². The van der Waals surface area contributed by atoms with Gasteiger partial charge in [0.25, 0.3) is 0 Å². The lowest BCUT2D eigenvalue weighted by atomic mass is 10.1. The van der Waals surface area contributed by atoms with Gasteiger partial charge >= 0.3 is 0 Å². The number of hydrogen-bond donors (Lipinski definition) is 1. The Kier molecular flexibility index (Phi) is 3.10. The lowest BCUT2D eigenvalue weighted by Crippen LogP contribution is -1.95. The molecule has 17 heavy (non-hydrogen) atoms. The molecule has 1 heterocycles. The van der Waals surface area contributed by atoms with Crippen LogP contribution in [0.1, 0.15) is 5.56 Å². The molecule has 2 rings (SSSR count). The fourth-order valence-corrected chi connectivity index (χ4v) is 1.64. The van der Waals surface area contributed by atoms with E-state index in [2.05, 4.69) is 11.6 Å². The highest BCUT2D eigenvalue weighted by atomic mass is 16.5. The average Bonchev–Trinajstić information content (AvgIpc) is 2.38. The molecule has 0 saturated carbocycles. The Hall–Kier alpha value is -2.29. The predicted octanol–water partition coefficient (Wildman–Crippen LogP) is 3.02. The van der Waals surface area contributed by atoms with E-state index >= 15 is 0 Å². The summed E-state index contributed by atoms with van der Waals surface area (Å²) >= 11 is 0. The standard InChI is InChI=1S/C14H14N2O/c1-3-4-5-10-6-7-11-8-9-12(17-2)16-14(11)13(10)15/h3-9H,1,15H2,2H3/b5-4-. The van der Waals surface area contributed by atoms with Crippen molar-refractivity contribution in [2.45, 2.75) is 0 Å². The third-order valence-corrected chi connectivity index (χ3v) is 2.53. The van der Waals surface area contributed by atoms with Crippen LogP contribution >= 0.6 is 0 Å². The van der Waals surface area contributed by atoms with Crippen molar-refractivity contribution >= 4 is 22.7 Å². The monoisotopic (exact) mass is 226 g/mol.